The van der Waals surface area contributed by atoms with E-state index in [1.54, 1.807) is 12.4 Å². The van der Waals surface area contributed by atoms with Gasteiger partial charge in [0.25, 0.3) is 0 Å². The SMILES string of the molecule is NC(=NCc1ccncc1OCc1ccccc1)N1CCC1. The lowest BCUT2D eigenvalue weighted by Crippen LogP contribution is -2.46. The van der Waals surface area contributed by atoms with Gasteiger partial charge in [0, 0.05) is 24.8 Å². The first-order valence-electron chi connectivity index (χ1n) is 7.47. The van der Waals surface area contributed by atoms with Gasteiger partial charge in [0.2, 0.25) is 0 Å². The molecule has 5 heteroatoms. The summed E-state index contributed by atoms with van der Waals surface area (Å²) in [6.45, 7) is 3.03. The average Bonchev–Trinajstić information content (AvgIpc) is 2.51. The van der Waals surface area contributed by atoms with Crippen molar-refractivity contribution < 1.29 is 4.74 Å². The van der Waals surface area contributed by atoms with Crippen LogP contribution < -0.4 is 10.5 Å². The Bertz CT molecular complexity index is 638. The van der Waals surface area contributed by atoms with Crippen LogP contribution in [0.2, 0.25) is 0 Å². The molecule has 1 saturated heterocycles. The highest BCUT2D eigenvalue weighted by molar-refractivity contribution is 5.78. The van der Waals surface area contributed by atoms with Gasteiger partial charge in [0.15, 0.2) is 5.96 Å². The topological polar surface area (TPSA) is 63.7 Å². The molecule has 22 heavy (non-hydrogen) atoms. The van der Waals surface area contributed by atoms with Gasteiger partial charge in [0.05, 0.1) is 12.7 Å². The smallest absolute Gasteiger partial charge is 0.191 e. The highest BCUT2D eigenvalue weighted by atomic mass is 16.5. The highest BCUT2D eigenvalue weighted by Crippen LogP contribution is 2.19. The van der Waals surface area contributed by atoms with Crippen LogP contribution in [0.3, 0.4) is 0 Å². The van der Waals surface area contributed by atoms with E-state index in [4.69, 9.17) is 10.5 Å². The Labute approximate surface area is 130 Å². The van der Waals surface area contributed by atoms with Crippen LogP contribution in [0.5, 0.6) is 5.75 Å². The minimum absolute atomic E-state index is 0.509. The van der Waals surface area contributed by atoms with Crippen LogP contribution in [0, 0.1) is 0 Å². The maximum absolute atomic E-state index is 5.96. The number of pyridine rings is 1. The molecule has 0 unspecified atom stereocenters. The number of benzene rings is 1. The zero-order valence-corrected chi connectivity index (χ0v) is 12.5. The van der Waals surface area contributed by atoms with Crippen molar-refractivity contribution in [3.05, 3.63) is 59.9 Å². The third-order valence-corrected chi connectivity index (χ3v) is 3.70. The summed E-state index contributed by atoms with van der Waals surface area (Å²) < 4.78 is 5.87. The molecular weight excluding hydrogens is 276 g/mol. The fourth-order valence-corrected chi connectivity index (χ4v) is 2.22. The number of rotatable bonds is 5. The predicted molar refractivity (Wildman–Crippen MR) is 86.5 cm³/mol. The van der Waals surface area contributed by atoms with Crippen molar-refractivity contribution in [2.75, 3.05) is 13.1 Å². The van der Waals surface area contributed by atoms with Crippen LogP contribution in [0.25, 0.3) is 0 Å². The minimum Gasteiger partial charge on any atom is -0.487 e. The molecule has 0 amide bonds. The number of guanidine groups is 1. The van der Waals surface area contributed by atoms with E-state index in [1.807, 2.05) is 36.4 Å². The van der Waals surface area contributed by atoms with Crippen LogP contribution in [-0.4, -0.2) is 28.9 Å². The number of hydrogen-bond acceptors (Lipinski definition) is 3. The molecule has 3 rings (SSSR count). The fourth-order valence-electron chi connectivity index (χ4n) is 2.22. The van der Waals surface area contributed by atoms with Gasteiger partial charge in [-0.2, -0.15) is 0 Å². The monoisotopic (exact) mass is 296 g/mol. The number of ether oxygens (including phenoxy) is 1. The van der Waals surface area contributed by atoms with E-state index in [0.717, 1.165) is 30.0 Å². The van der Waals surface area contributed by atoms with Crippen LogP contribution in [0.4, 0.5) is 0 Å². The summed E-state index contributed by atoms with van der Waals surface area (Å²) in [6, 6.07) is 12.0. The Morgan fingerprint density at radius 2 is 2.05 bits per heavy atom. The second kappa shape index (κ2) is 6.93. The largest absolute Gasteiger partial charge is 0.487 e. The van der Waals surface area contributed by atoms with Crippen LogP contribution in [0.15, 0.2) is 53.8 Å². The van der Waals surface area contributed by atoms with E-state index in [1.165, 1.54) is 6.42 Å². The second-order valence-corrected chi connectivity index (χ2v) is 5.27. The van der Waals surface area contributed by atoms with E-state index >= 15 is 0 Å². The van der Waals surface area contributed by atoms with Gasteiger partial charge < -0.3 is 15.4 Å². The van der Waals surface area contributed by atoms with E-state index in [0.29, 0.717) is 19.1 Å². The summed E-state index contributed by atoms with van der Waals surface area (Å²) in [7, 11) is 0. The summed E-state index contributed by atoms with van der Waals surface area (Å²) in [6.07, 6.45) is 4.67. The number of likely N-dealkylation sites (tertiary alicyclic amines) is 1. The van der Waals surface area contributed by atoms with Crippen molar-refractivity contribution in [1.82, 2.24) is 9.88 Å². The number of nitrogens with zero attached hydrogens (tertiary/aromatic N) is 3. The van der Waals surface area contributed by atoms with Crippen molar-refractivity contribution >= 4 is 5.96 Å². The third kappa shape index (κ3) is 3.55. The first kappa shape index (κ1) is 14.4. The lowest BCUT2D eigenvalue weighted by atomic mass is 10.2. The highest BCUT2D eigenvalue weighted by Gasteiger charge is 2.15. The number of hydrogen-bond donors (Lipinski definition) is 1. The first-order chi connectivity index (χ1) is 10.8. The predicted octanol–water partition coefficient (Wildman–Crippen LogP) is 2.18. The van der Waals surface area contributed by atoms with Crippen LogP contribution in [-0.2, 0) is 13.2 Å². The maximum atomic E-state index is 5.96. The molecule has 0 radical (unpaired) electrons. The van der Waals surface area contributed by atoms with Crippen molar-refractivity contribution in [1.29, 1.82) is 0 Å². The quantitative estimate of drug-likeness (QED) is 0.678. The average molecular weight is 296 g/mol. The molecule has 1 aliphatic rings. The molecule has 0 aliphatic carbocycles. The van der Waals surface area contributed by atoms with Gasteiger partial charge in [-0.25, -0.2) is 4.99 Å². The molecule has 0 saturated carbocycles. The van der Waals surface area contributed by atoms with Gasteiger partial charge in [-0.15, -0.1) is 0 Å². The van der Waals surface area contributed by atoms with Crippen LogP contribution >= 0.6 is 0 Å². The van der Waals surface area contributed by atoms with E-state index in [2.05, 4.69) is 14.9 Å². The number of aliphatic imine (C=N–C) groups is 1. The Hall–Kier alpha value is -2.56. The van der Waals surface area contributed by atoms with Crippen LogP contribution in [0.1, 0.15) is 17.5 Å². The molecule has 0 bridgehead atoms. The summed E-state index contributed by atoms with van der Waals surface area (Å²) in [4.78, 5) is 10.7. The lowest BCUT2D eigenvalue weighted by Gasteiger charge is -2.31. The molecule has 0 spiro atoms. The Morgan fingerprint density at radius 3 is 2.77 bits per heavy atom. The Kier molecular flexibility index (Phi) is 4.53. The maximum Gasteiger partial charge on any atom is 0.191 e. The van der Waals surface area contributed by atoms with Gasteiger partial charge >= 0.3 is 0 Å². The summed E-state index contributed by atoms with van der Waals surface area (Å²) in [5.74, 6) is 1.36. The normalized spacial score (nSPS) is 14.5. The van der Waals surface area contributed by atoms with Crippen molar-refractivity contribution in [3.63, 3.8) is 0 Å². The van der Waals surface area contributed by atoms with Gasteiger partial charge in [-0.1, -0.05) is 30.3 Å². The minimum atomic E-state index is 0.509. The Morgan fingerprint density at radius 1 is 1.23 bits per heavy atom. The summed E-state index contributed by atoms with van der Waals surface area (Å²) in [5, 5.41) is 0. The number of aromatic nitrogens is 1. The van der Waals surface area contributed by atoms with Gasteiger partial charge in [-0.3, -0.25) is 4.98 Å². The van der Waals surface area contributed by atoms with Gasteiger partial charge in [-0.05, 0) is 18.1 Å². The van der Waals surface area contributed by atoms with Gasteiger partial charge in [0.1, 0.15) is 12.4 Å². The van der Waals surface area contributed by atoms with Crippen molar-refractivity contribution in [3.8, 4) is 5.75 Å². The second-order valence-electron chi connectivity index (χ2n) is 5.27. The summed E-state index contributed by atoms with van der Waals surface area (Å²) in [5.41, 5.74) is 8.08. The lowest BCUT2D eigenvalue weighted by molar-refractivity contribution is 0.294. The molecule has 2 aromatic rings. The molecule has 2 heterocycles. The van der Waals surface area contributed by atoms with Crippen molar-refractivity contribution in [2.45, 2.75) is 19.6 Å². The molecule has 1 aliphatic heterocycles. The Balaban J connectivity index is 1.64. The zero-order chi connectivity index (χ0) is 15.2. The molecule has 1 fully saturated rings. The molecule has 0 atom stereocenters. The molecule has 2 N–H and O–H groups in total. The standard InChI is InChI=1S/C17H20N4O/c18-17(21-9-4-10-21)20-11-15-7-8-19-12-16(15)22-13-14-5-2-1-3-6-14/h1-3,5-8,12H,4,9-11,13H2,(H2,18,20). The molecule has 1 aromatic carbocycles. The summed E-state index contributed by atoms with van der Waals surface area (Å²) >= 11 is 0. The zero-order valence-electron chi connectivity index (χ0n) is 12.5. The number of nitrogens with two attached hydrogens (primary N) is 1. The molecule has 114 valence electrons. The van der Waals surface area contributed by atoms with E-state index in [-0.39, 0.29) is 0 Å². The van der Waals surface area contributed by atoms with E-state index < -0.39 is 0 Å². The molecule has 1 aromatic heterocycles. The third-order valence-electron chi connectivity index (χ3n) is 3.70. The molecule has 5 nitrogen and oxygen atoms in total. The van der Waals surface area contributed by atoms with Crippen molar-refractivity contribution in [2.24, 2.45) is 10.7 Å². The molecular formula is C17H20N4O. The van der Waals surface area contributed by atoms with E-state index in [9.17, 15) is 0 Å². The first-order valence-corrected chi connectivity index (χ1v) is 7.47. The fraction of sp³-hybridized carbons (Fsp3) is 0.294.